The highest BCUT2D eigenvalue weighted by Crippen LogP contribution is 2.34. The van der Waals surface area contributed by atoms with Crippen LogP contribution in [0.3, 0.4) is 0 Å². The minimum atomic E-state index is 0.0338. The van der Waals surface area contributed by atoms with Gasteiger partial charge in [0.25, 0.3) is 0 Å². The third kappa shape index (κ3) is 3.57. The van der Waals surface area contributed by atoms with Crippen molar-refractivity contribution in [2.45, 2.75) is 0 Å². The topological polar surface area (TPSA) is 53.2 Å². The number of aromatic hydroxyl groups is 1. The van der Waals surface area contributed by atoms with Crippen molar-refractivity contribution in [3.8, 4) is 17.6 Å². The van der Waals surface area contributed by atoms with Gasteiger partial charge in [-0.05, 0) is 41.5 Å². The number of ether oxygens (including phenoxy) is 1. The van der Waals surface area contributed by atoms with Gasteiger partial charge in [-0.25, -0.2) is 0 Å². The van der Waals surface area contributed by atoms with Crippen LogP contribution in [0.25, 0.3) is 11.6 Å². The van der Waals surface area contributed by atoms with E-state index in [-0.39, 0.29) is 5.75 Å². The van der Waals surface area contributed by atoms with Gasteiger partial charge >= 0.3 is 0 Å². The van der Waals surface area contributed by atoms with E-state index in [0.717, 1.165) is 11.1 Å². The molecule has 2 aromatic carbocycles. The molecule has 106 valence electrons. The summed E-state index contributed by atoms with van der Waals surface area (Å²) in [7, 11) is 1.47. The van der Waals surface area contributed by atoms with Crippen LogP contribution in [0, 0.1) is 11.3 Å². The highest BCUT2D eigenvalue weighted by Gasteiger charge is 2.08. The molecule has 0 radical (unpaired) electrons. The summed E-state index contributed by atoms with van der Waals surface area (Å²) in [6.45, 7) is 0. The van der Waals surface area contributed by atoms with Crippen LogP contribution in [-0.2, 0) is 0 Å². The number of allylic oxidation sites excluding steroid dienone is 1. The van der Waals surface area contributed by atoms with E-state index in [2.05, 4.69) is 22.0 Å². The van der Waals surface area contributed by atoms with Gasteiger partial charge in [0.15, 0.2) is 11.5 Å². The maximum absolute atomic E-state index is 9.70. The molecule has 0 aromatic heterocycles. The summed E-state index contributed by atoms with van der Waals surface area (Å²) in [5.74, 6) is 0.379. The Hall–Kier alpha value is -1.96. The highest BCUT2D eigenvalue weighted by molar-refractivity contribution is 9.10. The van der Waals surface area contributed by atoms with Gasteiger partial charge in [-0.15, -0.1) is 0 Å². The standard InChI is InChI=1S/C16H11BrClNO2/c1-21-16-7-11(14(17)8-15(16)20)6-12(9-19)10-2-4-13(18)5-3-10/h2-8,20H,1H3. The molecule has 0 aliphatic rings. The molecule has 1 N–H and O–H groups in total. The zero-order valence-corrected chi connectivity index (χ0v) is 13.4. The molecule has 0 fully saturated rings. The number of hydrogen-bond donors (Lipinski definition) is 1. The third-order valence-corrected chi connectivity index (χ3v) is 3.81. The van der Waals surface area contributed by atoms with Crippen LogP contribution in [0.2, 0.25) is 5.02 Å². The SMILES string of the molecule is COc1cc(C=C(C#N)c2ccc(Cl)cc2)c(Br)cc1O. The third-order valence-electron chi connectivity index (χ3n) is 2.87. The van der Waals surface area contributed by atoms with Gasteiger partial charge in [0.2, 0.25) is 0 Å². The van der Waals surface area contributed by atoms with E-state index in [1.807, 2.05) is 0 Å². The fraction of sp³-hybridized carbons (Fsp3) is 0.0625. The maximum atomic E-state index is 9.70. The first kappa shape index (κ1) is 15.4. The lowest BCUT2D eigenvalue weighted by Gasteiger charge is -2.07. The van der Waals surface area contributed by atoms with Gasteiger partial charge < -0.3 is 9.84 Å². The molecule has 0 bridgehead atoms. The molecule has 0 atom stereocenters. The Morgan fingerprint density at radius 1 is 1.33 bits per heavy atom. The van der Waals surface area contributed by atoms with E-state index in [4.69, 9.17) is 16.3 Å². The monoisotopic (exact) mass is 363 g/mol. The average molecular weight is 365 g/mol. The van der Waals surface area contributed by atoms with E-state index in [9.17, 15) is 10.4 Å². The molecule has 2 aromatic rings. The molecule has 0 heterocycles. The molecule has 0 aliphatic carbocycles. The quantitative estimate of drug-likeness (QED) is 0.624. The molecule has 0 aliphatic heterocycles. The van der Waals surface area contributed by atoms with Crippen molar-refractivity contribution < 1.29 is 9.84 Å². The zero-order valence-electron chi connectivity index (χ0n) is 11.1. The van der Waals surface area contributed by atoms with Crippen LogP contribution >= 0.6 is 27.5 Å². The van der Waals surface area contributed by atoms with Gasteiger partial charge in [-0.3, -0.25) is 0 Å². The summed E-state index contributed by atoms with van der Waals surface area (Å²) >= 11 is 9.21. The van der Waals surface area contributed by atoms with Crippen molar-refractivity contribution in [1.29, 1.82) is 5.26 Å². The Morgan fingerprint density at radius 2 is 2.00 bits per heavy atom. The molecule has 0 saturated carbocycles. The van der Waals surface area contributed by atoms with Crippen LogP contribution in [-0.4, -0.2) is 12.2 Å². The van der Waals surface area contributed by atoms with Gasteiger partial charge in [-0.1, -0.05) is 39.7 Å². The number of nitriles is 1. The number of methoxy groups -OCH3 is 1. The first-order chi connectivity index (χ1) is 10.0. The fourth-order valence-corrected chi connectivity index (χ4v) is 2.37. The lowest BCUT2D eigenvalue weighted by Crippen LogP contribution is -1.87. The molecule has 5 heteroatoms. The number of rotatable bonds is 3. The molecular formula is C16H11BrClNO2. The number of phenols is 1. The largest absolute Gasteiger partial charge is 0.504 e. The van der Waals surface area contributed by atoms with Crippen molar-refractivity contribution in [3.63, 3.8) is 0 Å². The molecule has 0 unspecified atom stereocenters. The maximum Gasteiger partial charge on any atom is 0.161 e. The first-order valence-electron chi connectivity index (χ1n) is 5.99. The van der Waals surface area contributed by atoms with Crippen LogP contribution in [0.5, 0.6) is 11.5 Å². The van der Waals surface area contributed by atoms with E-state index < -0.39 is 0 Å². The summed E-state index contributed by atoms with van der Waals surface area (Å²) in [5.41, 5.74) is 1.98. The van der Waals surface area contributed by atoms with Gasteiger partial charge in [0.1, 0.15) is 0 Å². The summed E-state index contributed by atoms with van der Waals surface area (Å²) < 4.78 is 5.75. The second-order valence-corrected chi connectivity index (χ2v) is 5.51. The Kier molecular flexibility index (Phi) is 4.89. The molecule has 0 saturated heterocycles. The zero-order chi connectivity index (χ0) is 15.4. The van der Waals surface area contributed by atoms with Gasteiger partial charge in [0.05, 0.1) is 18.8 Å². The van der Waals surface area contributed by atoms with Crippen molar-refractivity contribution >= 4 is 39.2 Å². The van der Waals surface area contributed by atoms with Gasteiger partial charge in [-0.2, -0.15) is 5.26 Å². The van der Waals surface area contributed by atoms with Crippen molar-refractivity contribution in [2.75, 3.05) is 7.11 Å². The average Bonchev–Trinajstić information content (AvgIpc) is 2.48. The minimum absolute atomic E-state index is 0.0338. The smallest absolute Gasteiger partial charge is 0.161 e. The molecule has 3 nitrogen and oxygen atoms in total. The van der Waals surface area contributed by atoms with E-state index in [1.165, 1.54) is 13.2 Å². The summed E-state index contributed by atoms with van der Waals surface area (Å²) in [6, 6.07) is 12.4. The summed E-state index contributed by atoms with van der Waals surface area (Å²) in [6.07, 6.45) is 1.72. The van der Waals surface area contributed by atoms with E-state index in [0.29, 0.717) is 20.8 Å². The van der Waals surface area contributed by atoms with Crippen molar-refractivity contribution in [2.24, 2.45) is 0 Å². The van der Waals surface area contributed by atoms with Crippen molar-refractivity contribution in [1.82, 2.24) is 0 Å². The molecule has 0 amide bonds. The number of nitrogens with zero attached hydrogens (tertiary/aromatic N) is 1. The number of phenolic OH excluding ortho intramolecular Hbond substituents is 1. The fourth-order valence-electron chi connectivity index (χ4n) is 1.80. The summed E-state index contributed by atoms with van der Waals surface area (Å²) in [4.78, 5) is 0. The van der Waals surface area contributed by atoms with Crippen LogP contribution in [0.4, 0.5) is 0 Å². The first-order valence-corrected chi connectivity index (χ1v) is 7.16. The molecule has 21 heavy (non-hydrogen) atoms. The number of benzene rings is 2. The Morgan fingerprint density at radius 3 is 2.57 bits per heavy atom. The highest BCUT2D eigenvalue weighted by atomic mass is 79.9. The lowest BCUT2D eigenvalue weighted by molar-refractivity contribution is 0.373. The van der Waals surface area contributed by atoms with Crippen LogP contribution < -0.4 is 4.74 Å². The predicted molar refractivity (Wildman–Crippen MR) is 87.3 cm³/mol. The van der Waals surface area contributed by atoms with Gasteiger partial charge in [0, 0.05) is 9.50 Å². The van der Waals surface area contributed by atoms with Crippen molar-refractivity contribution in [3.05, 3.63) is 57.0 Å². The number of halogens is 2. The normalized spacial score (nSPS) is 11.0. The molecular weight excluding hydrogens is 354 g/mol. The van der Waals surface area contributed by atoms with E-state index >= 15 is 0 Å². The second kappa shape index (κ2) is 6.66. The Balaban J connectivity index is 2.50. The molecule has 2 rings (SSSR count). The van der Waals surface area contributed by atoms with Crippen LogP contribution in [0.15, 0.2) is 40.9 Å². The van der Waals surface area contributed by atoms with Crippen LogP contribution in [0.1, 0.15) is 11.1 Å². The lowest BCUT2D eigenvalue weighted by atomic mass is 10.0. The van der Waals surface area contributed by atoms with E-state index in [1.54, 1.807) is 36.4 Å². The predicted octanol–water partition coefficient (Wildman–Crippen LogP) is 4.88. The Labute approximate surface area is 136 Å². The number of hydrogen-bond acceptors (Lipinski definition) is 3. The minimum Gasteiger partial charge on any atom is -0.504 e. The summed E-state index contributed by atoms with van der Waals surface area (Å²) in [5, 5.41) is 19.6. The Bertz CT molecular complexity index is 733. The molecule has 0 spiro atoms. The second-order valence-electron chi connectivity index (χ2n) is 4.22.